The number of nitrogens with two attached hydrogens (primary N) is 2. The number of hydrogen-bond acceptors (Lipinski definition) is 6. The number of anilines is 1. The number of halogens is 6. The molecule has 1 unspecified atom stereocenters. The van der Waals surface area contributed by atoms with E-state index in [-0.39, 0.29) is 34.5 Å². The number of hydrogen-bond donors (Lipinski definition) is 2. The van der Waals surface area contributed by atoms with Crippen LogP contribution in [-0.4, -0.2) is 35.3 Å². The normalized spacial score (nSPS) is 23.4. The summed E-state index contributed by atoms with van der Waals surface area (Å²) in [7, 11) is 0. The number of amidine groups is 1. The summed E-state index contributed by atoms with van der Waals surface area (Å²) < 4.78 is 78.4. The SMILES string of the molecule is C=C1CC(C(F)(F)F)C(=C(N)C2CCN(c3ccc(C(F)(F)F)nn3)CC2)C(N)=N1. The molecule has 0 spiro atoms. The molecule has 1 aromatic heterocycles. The van der Waals surface area contributed by atoms with Crippen molar-refractivity contribution in [1.82, 2.24) is 10.2 Å². The zero-order chi connectivity index (χ0) is 22.3. The zero-order valence-electron chi connectivity index (χ0n) is 15.8. The molecule has 1 fully saturated rings. The fraction of sp³-hybridized carbons (Fsp3) is 0.500. The Morgan fingerprint density at radius 3 is 2.20 bits per heavy atom. The molecular formula is C18H20F6N6. The molecule has 164 valence electrons. The van der Waals surface area contributed by atoms with Gasteiger partial charge < -0.3 is 16.4 Å². The molecule has 0 aromatic carbocycles. The van der Waals surface area contributed by atoms with Crippen molar-refractivity contribution in [3.05, 3.63) is 41.4 Å². The number of rotatable bonds is 2. The Morgan fingerprint density at radius 2 is 1.70 bits per heavy atom. The van der Waals surface area contributed by atoms with E-state index in [0.717, 1.165) is 6.07 Å². The van der Waals surface area contributed by atoms with Crippen molar-refractivity contribution in [3.8, 4) is 0 Å². The lowest BCUT2D eigenvalue weighted by Gasteiger charge is -2.35. The molecule has 2 aliphatic rings. The Hall–Kier alpha value is -2.79. The minimum Gasteiger partial charge on any atom is -0.401 e. The maximum absolute atomic E-state index is 13.5. The maximum atomic E-state index is 13.5. The summed E-state index contributed by atoms with van der Waals surface area (Å²) in [6, 6.07) is 2.06. The van der Waals surface area contributed by atoms with E-state index in [1.165, 1.54) is 6.07 Å². The number of aromatic nitrogens is 2. The quantitative estimate of drug-likeness (QED) is 0.697. The summed E-state index contributed by atoms with van der Waals surface area (Å²) in [5, 5.41) is 6.80. The van der Waals surface area contributed by atoms with E-state index in [2.05, 4.69) is 21.8 Å². The van der Waals surface area contributed by atoms with Gasteiger partial charge in [0.05, 0.1) is 5.92 Å². The predicted molar refractivity (Wildman–Crippen MR) is 98.1 cm³/mol. The van der Waals surface area contributed by atoms with Crippen LogP contribution in [0.4, 0.5) is 32.2 Å². The Kier molecular flexibility index (Phi) is 5.70. The first kappa shape index (κ1) is 21.9. The van der Waals surface area contributed by atoms with Crippen LogP contribution in [0, 0.1) is 11.8 Å². The lowest BCUT2D eigenvalue weighted by atomic mass is 9.83. The molecule has 6 nitrogen and oxygen atoms in total. The first-order valence-electron chi connectivity index (χ1n) is 9.12. The van der Waals surface area contributed by atoms with Gasteiger partial charge in [0, 0.05) is 42.4 Å². The van der Waals surface area contributed by atoms with Crippen molar-refractivity contribution in [2.24, 2.45) is 28.3 Å². The van der Waals surface area contributed by atoms with Gasteiger partial charge >= 0.3 is 12.4 Å². The third-order valence-corrected chi connectivity index (χ3v) is 5.25. The first-order chi connectivity index (χ1) is 13.9. The number of nitrogens with zero attached hydrogens (tertiary/aromatic N) is 4. The largest absolute Gasteiger partial charge is 0.435 e. The van der Waals surface area contributed by atoms with E-state index in [4.69, 9.17) is 11.5 Å². The molecule has 0 aliphatic carbocycles. The molecule has 1 atom stereocenters. The number of allylic oxidation sites excluding steroid dienone is 2. The van der Waals surface area contributed by atoms with Crippen molar-refractivity contribution in [1.29, 1.82) is 0 Å². The van der Waals surface area contributed by atoms with Crippen LogP contribution in [0.25, 0.3) is 0 Å². The van der Waals surface area contributed by atoms with E-state index in [1.54, 1.807) is 4.90 Å². The van der Waals surface area contributed by atoms with E-state index in [0.29, 0.717) is 25.9 Å². The van der Waals surface area contributed by atoms with Crippen LogP contribution in [0.2, 0.25) is 0 Å². The lowest BCUT2D eigenvalue weighted by molar-refractivity contribution is -0.163. The molecule has 12 heteroatoms. The van der Waals surface area contributed by atoms with Gasteiger partial charge in [0.1, 0.15) is 5.84 Å². The zero-order valence-corrected chi connectivity index (χ0v) is 15.8. The van der Waals surface area contributed by atoms with Gasteiger partial charge in [0.2, 0.25) is 0 Å². The molecule has 2 aliphatic heterocycles. The van der Waals surface area contributed by atoms with E-state index >= 15 is 0 Å². The highest BCUT2D eigenvalue weighted by Crippen LogP contribution is 2.41. The van der Waals surface area contributed by atoms with Crippen molar-refractivity contribution in [2.75, 3.05) is 18.0 Å². The van der Waals surface area contributed by atoms with E-state index in [1.807, 2.05) is 0 Å². The van der Waals surface area contributed by atoms with E-state index < -0.39 is 30.4 Å². The summed E-state index contributed by atoms with van der Waals surface area (Å²) in [6.45, 7) is 4.17. The third kappa shape index (κ3) is 4.51. The molecule has 4 N–H and O–H groups in total. The second-order valence-electron chi connectivity index (χ2n) is 7.27. The van der Waals surface area contributed by atoms with Crippen LogP contribution in [0.3, 0.4) is 0 Å². The van der Waals surface area contributed by atoms with E-state index in [9.17, 15) is 26.3 Å². The van der Waals surface area contributed by atoms with Crippen molar-refractivity contribution >= 4 is 11.7 Å². The standard InChI is InChI=1S/C18H20F6N6/c1-9-8-11(17(19,20)21)14(16(26)27-9)15(25)10-4-6-30(7-5-10)13-3-2-12(28-29-13)18(22,23)24/h2-3,10-11H,1,4-8,25H2,(H2,26,27). The maximum Gasteiger partial charge on any atom is 0.435 e. The molecule has 0 saturated carbocycles. The van der Waals surface area contributed by atoms with Gasteiger partial charge in [-0.3, -0.25) is 0 Å². The van der Waals surface area contributed by atoms with Crippen LogP contribution in [0.1, 0.15) is 25.0 Å². The first-order valence-corrected chi connectivity index (χ1v) is 9.12. The fourth-order valence-electron chi connectivity index (χ4n) is 3.71. The summed E-state index contributed by atoms with van der Waals surface area (Å²) in [6.07, 6.45) is -8.76. The molecule has 0 radical (unpaired) electrons. The molecule has 3 heterocycles. The Balaban J connectivity index is 1.76. The van der Waals surface area contributed by atoms with Crippen LogP contribution in [0.5, 0.6) is 0 Å². The van der Waals surface area contributed by atoms with Gasteiger partial charge in [0.25, 0.3) is 0 Å². The van der Waals surface area contributed by atoms with Gasteiger partial charge in [-0.05, 0) is 25.0 Å². The van der Waals surface area contributed by atoms with Crippen LogP contribution in [-0.2, 0) is 6.18 Å². The minimum absolute atomic E-state index is 0.0436. The minimum atomic E-state index is -4.58. The van der Waals surface area contributed by atoms with Gasteiger partial charge in [-0.1, -0.05) is 6.58 Å². The van der Waals surface area contributed by atoms with Gasteiger partial charge in [-0.15, -0.1) is 10.2 Å². The van der Waals surface area contributed by atoms with Crippen LogP contribution >= 0.6 is 0 Å². The molecule has 30 heavy (non-hydrogen) atoms. The molecule has 0 bridgehead atoms. The Morgan fingerprint density at radius 1 is 1.07 bits per heavy atom. The molecule has 3 rings (SSSR count). The smallest absolute Gasteiger partial charge is 0.401 e. The highest BCUT2D eigenvalue weighted by Gasteiger charge is 2.46. The highest BCUT2D eigenvalue weighted by molar-refractivity contribution is 5.99. The van der Waals surface area contributed by atoms with Crippen LogP contribution in [0.15, 0.2) is 40.7 Å². The number of aliphatic imine (C=N–C) groups is 1. The van der Waals surface area contributed by atoms with Crippen LogP contribution < -0.4 is 16.4 Å². The predicted octanol–water partition coefficient (Wildman–Crippen LogP) is 3.38. The monoisotopic (exact) mass is 434 g/mol. The number of alkyl halides is 6. The molecular weight excluding hydrogens is 414 g/mol. The highest BCUT2D eigenvalue weighted by atomic mass is 19.4. The van der Waals surface area contributed by atoms with Crippen molar-refractivity contribution in [2.45, 2.75) is 31.6 Å². The molecule has 1 aromatic rings. The summed E-state index contributed by atoms with van der Waals surface area (Å²) in [4.78, 5) is 5.59. The third-order valence-electron chi connectivity index (χ3n) is 5.25. The second-order valence-corrected chi connectivity index (χ2v) is 7.27. The Bertz CT molecular complexity index is 863. The number of piperidine rings is 1. The van der Waals surface area contributed by atoms with Gasteiger partial charge in [0.15, 0.2) is 11.5 Å². The Labute approximate surface area is 168 Å². The van der Waals surface area contributed by atoms with Crippen molar-refractivity contribution < 1.29 is 26.3 Å². The summed E-state index contributed by atoms with van der Waals surface area (Å²) in [5.74, 6) is -2.25. The lowest BCUT2D eigenvalue weighted by Crippen LogP contribution is -2.40. The second kappa shape index (κ2) is 7.80. The average molecular weight is 434 g/mol. The average Bonchev–Trinajstić information content (AvgIpc) is 2.66. The molecule has 1 saturated heterocycles. The summed E-state index contributed by atoms with van der Waals surface area (Å²) >= 11 is 0. The summed E-state index contributed by atoms with van der Waals surface area (Å²) in [5.41, 5.74) is 10.7. The fourth-order valence-corrected chi connectivity index (χ4v) is 3.71. The van der Waals surface area contributed by atoms with Crippen molar-refractivity contribution in [3.63, 3.8) is 0 Å². The molecule has 0 amide bonds. The topological polar surface area (TPSA) is 93.4 Å². The van der Waals surface area contributed by atoms with Gasteiger partial charge in [-0.25, -0.2) is 4.99 Å². The van der Waals surface area contributed by atoms with Gasteiger partial charge in [-0.2, -0.15) is 26.3 Å².